The van der Waals surface area contributed by atoms with Crippen LogP contribution in [0, 0.1) is 6.92 Å². The maximum Gasteiger partial charge on any atom is 0.224 e. The smallest absolute Gasteiger partial charge is 0.224 e. The number of nitrogens with two attached hydrogens (primary N) is 1. The summed E-state index contributed by atoms with van der Waals surface area (Å²) in [5.74, 6) is -0.00192. The largest absolute Gasteiger partial charge is 0.397 e. The van der Waals surface area contributed by atoms with E-state index in [9.17, 15) is 4.79 Å². The van der Waals surface area contributed by atoms with Gasteiger partial charge < -0.3 is 16.0 Å². The molecule has 98 valence electrons. The lowest BCUT2D eigenvalue weighted by Crippen LogP contribution is -2.20. The minimum atomic E-state index is -0.00192. The molecule has 4 heteroatoms. The summed E-state index contributed by atoms with van der Waals surface area (Å²) < 4.78 is 0. The van der Waals surface area contributed by atoms with E-state index in [1.807, 2.05) is 19.1 Å². The maximum absolute atomic E-state index is 11.5. The standard InChI is InChI=1S/C14H21N3O/c1-3-14(18)16-12-9-13(10(2)8-11(12)15)17-6-4-5-7-17/h8-9H,3-7,15H2,1-2H3,(H,16,18). The highest BCUT2D eigenvalue weighted by Gasteiger charge is 2.16. The van der Waals surface area contributed by atoms with E-state index in [0.29, 0.717) is 12.1 Å². The van der Waals surface area contributed by atoms with Crippen LogP contribution in [-0.2, 0) is 4.79 Å². The number of hydrogen-bond donors (Lipinski definition) is 2. The van der Waals surface area contributed by atoms with Gasteiger partial charge >= 0.3 is 0 Å². The molecule has 0 aromatic heterocycles. The topological polar surface area (TPSA) is 58.4 Å². The molecule has 2 rings (SSSR count). The van der Waals surface area contributed by atoms with E-state index in [0.717, 1.165) is 18.8 Å². The van der Waals surface area contributed by atoms with Gasteiger partial charge in [0.25, 0.3) is 0 Å². The van der Waals surface area contributed by atoms with E-state index < -0.39 is 0 Å². The minimum Gasteiger partial charge on any atom is -0.397 e. The summed E-state index contributed by atoms with van der Waals surface area (Å²) in [5, 5.41) is 2.86. The van der Waals surface area contributed by atoms with Gasteiger partial charge in [0.2, 0.25) is 5.91 Å². The number of nitrogen functional groups attached to an aromatic ring is 1. The van der Waals surface area contributed by atoms with E-state index in [-0.39, 0.29) is 5.91 Å². The Bertz CT molecular complexity index is 451. The minimum absolute atomic E-state index is 0.00192. The van der Waals surface area contributed by atoms with Gasteiger partial charge in [0.1, 0.15) is 0 Å². The first kappa shape index (κ1) is 12.7. The Balaban J connectivity index is 2.29. The lowest BCUT2D eigenvalue weighted by molar-refractivity contribution is -0.115. The first-order valence-corrected chi connectivity index (χ1v) is 6.56. The molecule has 0 saturated carbocycles. The van der Waals surface area contributed by atoms with Crippen molar-refractivity contribution in [2.24, 2.45) is 0 Å². The Hall–Kier alpha value is -1.71. The molecule has 1 aromatic carbocycles. The van der Waals surface area contributed by atoms with E-state index in [2.05, 4.69) is 17.1 Å². The highest BCUT2D eigenvalue weighted by atomic mass is 16.1. The zero-order valence-electron chi connectivity index (χ0n) is 11.1. The van der Waals surface area contributed by atoms with Crippen molar-refractivity contribution in [1.82, 2.24) is 0 Å². The highest BCUT2D eigenvalue weighted by Crippen LogP contribution is 2.31. The average molecular weight is 247 g/mol. The predicted octanol–water partition coefficient (Wildman–Crippen LogP) is 2.53. The third-order valence-electron chi connectivity index (χ3n) is 3.41. The molecule has 1 aliphatic rings. The van der Waals surface area contributed by atoms with Crippen LogP contribution in [0.5, 0.6) is 0 Å². The Morgan fingerprint density at radius 1 is 1.39 bits per heavy atom. The number of nitrogens with one attached hydrogen (secondary N) is 1. The SMILES string of the molecule is CCC(=O)Nc1cc(N2CCCC2)c(C)cc1N. The van der Waals surface area contributed by atoms with Crippen LogP contribution in [0.4, 0.5) is 17.1 Å². The average Bonchev–Trinajstić information content (AvgIpc) is 2.86. The van der Waals surface area contributed by atoms with Gasteiger partial charge in [-0.25, -0.2) is 0 Å². The molecule has 1 aromatic rings. The molecule has 0 spiro atoms. The van der Waals surface area contributed by atoms with Crippen LogP contribution in [0.3, 0.4) is 0 Å². The molecule has 3 N–H and O–H groups in total. The van der Waals surface area contributed by atoms with Gasteiger partial charge in [0.05, 0.1) is 11.4 Å². The summed E-state index contributed by atoms with van der Waals surface area (Å²) in [6.45, 7) is 6.08. The Kier molecular flexibility index (Phi) is 3.75. The number of carbonyl (C=O) groups excluding carboxylic acids is 1. The van der Waals surface area contributed by atoms with E-state index in [1.54, 1.807) is 0 Å². The quantitative estimate of drug-likeness (QED) is 0.807. The fourth-order valence-electron chi connectivity index (χ4n) is 2.36. The van der Waals surface area contributed by atoms with Crippen LogP contribution in [0.1, 0.15) is 31.7 Å². The summed E-state index contributed by atoms with van der Waals surface area (Å²) in [5.41, 5.74) is 9.68. The second kappa shape index (κ2) is 5.29. The van der Waals surface area contributed by atoms with Gasteiger partial charge in [-0.1, -0.05) is 6.92 Å². The second-order valence-electron chi connectivity index (χ2n) is 4.82. The zero-order valence-corrected chi connectivity index (χ0v) is 11.1. The molecule has 18 heavy (non-hydrogen) atoms. The van der Waals surface area contributed by atoms with Crippen LogP contribution in [0.2, 0.25) is 0 Å². The number of aryl methyl sites for hydroxylation is 1. The van der Waals surface area contributed by atoms with Crippen LogP contribution in [0.15, 0.2) is 12.1 Å². The molecular formula is C14H21N3O. The van der Waals surface area contributed by atoms with Gasteiger partial charge in [-0.3, -0.25) is 4.79 Å². The number of carbonyl (C=O) groups is 1. The molecule has 1 saturated heterocycles. The number of benzene rings is 1. The van der Waals surface area contributed by atoms with Gasteiger partial charge in [-0.15, -0.1) is 0 Å². The van der Waals surface area contributed by atoms with E-state index in [1.165, 1.54) is 24.1 Å². The summed E-state index contributed by atoms with van der Waals surface area (Å²) in [6, 6.07) is 3.95. The number of hydrogen-bond acceptors (Lipinski definition) is 3. The lowest BCUT2D eigenvalue weighted by atomic mass is 10.1. The normalized spacial score (nSPS) is 14.9. The first-order valence-electron chi connectivity index (χ1n) is 6.56. The second-order valence-corrected chi connectivity index (χ2v) is 4.82. The zero-order chi connectivity index (χ0) is 13.1. The molecule has 0 radical (unpaired) electrons. The fourth-order valence-corrected chi connectivity index (χ4v) is 2.36. The van der Waals surface area contributed by atoms with Crippen LogP contribution in [-0.4, -0.2) is 19.0 Å². The van der Waals surface area contributed by atoms with Crippen molar-refractivity contribution in [3.8, 4) is 0 Å². The van der Waals surface area contributed by atoms with Crippen LogP contribution >= 0.6 is 0 Å². The van der Waals surface area contributed by atoms with Crippen molar-refractivity contribution in [2.45, 2.75) is 33.1 Å². The number of nitrogens with zero attached hydrogens (tertiary/aromatic N) is 1. The maximum atomic E-state index is 11.5. The molecule has 1 heterocycles. The van der Waals surface area contributed by atoms with Gasteiger partial charge in [0.15, 0.2) is 0 Å². The molecule has 4 nitrogen and oxygen atoms in total. The lowest BCUT2D eigenvalue weighted by Gasteiger charge is -2.22. The van der Waals surface area contributed by atoms with Crippen molar-refractivity contribution in [2.75, 3.05) is 29.0 Å². The third kappa shape index (κ3) is 2.58. The van der Waals surface area contributed by atoms with E-state index in [4.69, 9.17) is 5.73 Å². The fraction of sp³-hybridized carbons (Fsp3) is 0.500. The molecule has 1 fully saturated rings. The summed E-state index contributed by atoms with van der Waals surface area (Å²) in [4.78, 5) is 13.8. The summed E-state index contributed by atoms with van der Waals surface area (Å²) in [6.07, 6.45) is 2.94. The van der Waals surface area contributed by atoms with Gasteiger partial charge in [-0.05, 0) is 37.5 Å². The number of anilines is 3. The molecule has 1 aliphatic heterocycles. The highest BCUT2D eigenvalue weighted by molar-refractivity contribution is 5.94. The Morgan fingerprint density at radius 3 is 2.67 bits per heavy atom. The van der Waals surface area contributed by atoms with Gasteiger partial charge in [-0.2, -0.15) is 0 Å². The monoisotopic (exact) mass is 247 g/mol. The predicted molar refractivity (Wildman–Crippen MR) is 76.0 cm³/mol. The van der Waals surface area contributed by atoms with Crippen molar-refractivity contribution >= 4 is 23.0 Å². The Labute approximate surface area is 108 Å². The first-order chi connectivity index (χ1) is 8.61. The molecule has 0 aliphatic carbocycles. The molecular weight excluding hydrogens is 226 g/mol. The van der Waals surface area contributed by atoms with Crippen molar-refractivity contribution in [3.63, 3.8) is 0 Å². The van der Waals surface area contributed by atoms with Crippen LogP contribution < -0.4 is 16.0 Å². The third-order valence-corrected chi connectivity index (χ3v) is 3.41. The Morgan fingerprint density at radius 2 is 2.06 bits per heavy atom. The van der Waals surface area contributed by atoms with Crippen molar-refractivity contribution in [1.29, 1.82) is 0 Å². The van der Waals surface area contributed by atoms with Crippen molar-refractivity contribution < 1.29 is 4.79 Å². The summed E-state index contributed by atoms with van der Waals surface area (Å²) >= 11 is 0. The summed E-state index contributed by atoms with van der Waals surface area (Å²) in [7, 11) is 0. The number of rotatable bonds is 3. The number of amides is 1. The molecule has 0 bridgehead atoms. The molecule has 1 amide bonds. The van der Waals surface area contributed by atoms with Gasteiger partial charge in [0, 0.05) is 25.2 Å². The molecule has 0 atom stereocenters. The van der Waals surface area contributed by atoms with Crippen molar-refractivity contribution in [3.05, 3.63) is 17.7 Å². The van der Waals surface area contributed by atoms with E-state index >= 15 is 0 Å². The van der Waals surface area contributed by atoms with Crippen LogP contribution in [0.25, 0.3) is 0 Å². The molecule has 0 unspecified atom stereocenters.